The molecule has 4 heteroatoms. The van der Waals surface area contributed by atoms with Crippen LogP contribution < -0.4 is 10.6 Å². The van der Waals surface area contributed by atoms with E-state index < -0.39 is 0 Å². The molecular weight excluding hydrogens is 226 g/mol. The smallest absolute Gasteiger partial charge is 0.251 e. The SMILES string of the molecule is CC(CN(C)C)NC(=O)c1ccc2c(c1)NCC2. The van der Waals surface area contributed by atoms with E-state index in [-0.39, 0.29) is 11.9 Å². The number of nitrogens with zero attached hydrogens (tertiary/aromatic N) is 1. The van der Waals surface area contributed by atoms with Gasteiger partial charge in [0.2, 0.25) is 0 Å². The van der Waals surface area contributed by atoms with Crippen molar-refractivity contribution in [3.8, 4) is 0 Å². The van der Waals surface area contributed by atoms with Crippen LogP contribution in [0.4, 0.5) is 5.69 Å². The van der Waals surface area contributed by atoms with E-state index in [0.717, 1.165) is 30.8 Å². The van der Waals surface area contributed by atoms with E-state index >= 15 is 0 Å². The van der Waals surface area contributed by atoms with Gasteiger partial charge in [-0.05, 0) is 45.1 Å². The van der Waals surface area contributed by atoms with E-state index in [9.17, 15) is 4.79 Å². The van der Waals surface area contributed by atoms with Crippen molar-refractivity contribution >= 4 is 11.6 Å². The topological polar surface area (TPSA) is 44.4 Å². The van der Waals surface area contributed by atoms with Crippen molar-refractivity contribution < 1.29 is 4.79 Å². The normalized spacial score (nSPS) is 15.1. The molecule has 0 fully saturated rings. The average Bonchev–Trinajstić information content (AvgIpc) is 2.74. The molecule has 2 N–H and O–H groups in total. The van der Waals surface area contributed by atoms with Gasteiger partial charge in [0.15, 0.2) is 0 Å². The van der Waals surface area contributed by atoms with E-state index in [1.807, 2.05) is 39.2 Å². The van der Waals surface area contributed by atoms with E-state index in [0.29, 0.717) is 0 Å². The van der Waals surface area contributed by atoms with Gasteiger partial charge in [-0.3, -0.25) is 4.79 Å². The molecular formula is C14H21N3O. The quantitative estimate of drug-likeness (QED) is 0.844. The van der Waals surface area contributed by atoms with Crippen LogP contribution in [-0.4, -0.2) is 44.0 Å². The number of nitrogens with one attached hydrogen (secondary N) is 2. The number of fused-ring (bicyclic) bond motifs is 1. The van der Waals surface area contributed by atoms with Gasteiger partial charge in [-0.15, -0.1) is 0 Å². The number of anilines is 1. The number of benzene rings is 1. The molecule has 98 valence electrons. The largest absolute Gasteiger partial charge is 0.384 e. The zero-order valence-corrected chi connectivity index (χ0v) is 11.3. The standard InChI is InChI=1S/C14H21N3O/c1-10(9-17(2)3)16-14(18)12-5-4-11-6-7-15-13(11)8-12/h4-5,8,10,15H,6-7,9H2,1-3H3,(H,16,18). The number of hydrogen-bond acceptors (Lipinski definition) is 3. The van der Waals surface area contributed by atoms with E-state index in [1.54, 1.807) is 0 Å². The van der Waals surface area contributed by atoms with Crippen molar-refractivity contribution in [3.05, 3.63) is 29.3 Å². The minimum absolute atomic E-state index is 0.000787. The van der Waals surface area contributed by atoms with Crippen LogP contribution in [0.15, 0.2) is 18.2 Å². The Morgan fingerprint density at radius 3 is 3.00 bits per heavy atom. The summed E-state index contributed by atoms with van der Waals surface area (Å²) in [4.78, 5) is 14.1. The summed E-state index contributed by atoms with van der Waals surface area (Å²) in [6.07, 6.45) is 1.05. The van der Waals surface area contributed by atoms with Crippen molar-refractivity contribution in [1.29, 1.82) is 0 Å². The third kappa shape index (κ3) is 3.01. The number of carbonyl (C=O) groups is 1. The van der Waals surface area contributed by atoms with Crippen molar-refractivity contribution in [1.82, 2.24) is 10.2 Å². The summed E-state index contributed by atoms with van der Waals surface area (Å²) in [5.41, 5.74) is 3.13. The van der Waals surface area contributed by atoms with Gasteiger partial charge >= 0.3 is 0 Å². The molecule has 0 saturated heterocycles. The van der Waals surface area contributed by atoms with Gasteiger partial charge in [0.05, 0.1) is 0 Å². The summed E-state index contributed by atoms with van der Waals surface area (Å²) in [6.45, 7) is 3.83. The maximum Gasteiger partial charge on any atom is 0.251 e. The van der Waals surface area contributed by atoms with Gasteiger partial charge in [-0.1, -0.05) is 6.07 Å². The lowest BCUT2D eigenvalue weighted by Gasteiger charge is -2.18. The predicted octanol–water partition coefficient (Wildman–Crippen LogP) is 1.33. The van der Waals surface area contributed by atoms with Crippen molar-refractivity contribution in [2.75, 3.05) is 32.5 Å². The number of rotatable bonds is 4. The highest BCUT2D eigenvalue weighted by Gasteiger charge is 2.14. The molecule has 0 saturated carbocycles. The lowest BCUT2D eigenvalue weighted by atomic mass is 10.1. The second-order valence-electron chi connectivity index (χ2n) is 5.19. The second-order valence-corrected chi connectivity index (χ2v) is 5.19. The fourth-order valence-electron chi connectivity index (χ4n) is 2.33. The number of amides is 1. The van der Waals surface area contributed by atoms with Gasteiger partial charge < -0.3 is 15.5 Å². The highest BCUT2D eigenvalue weighted by molar-refractivity contribution is 5.95. The van der Waals surface area contributed by atoms with Crippen LogP contribution in [0.3, 0.4) is 0 Å². The number of carbonyl (C=O) groups excluding carboxylic acids is 1. The predicted molar refractivity (Wildman–Crippen MR) is 74.1 cm³/mol. The molecule has 1 atom stereocenters. The molecule has 0 aliphatic carbocycles. The van der Waals surface area contributed by atoms with Crippen LogP contribution in [-0.2, 0) is 6.42 Å². The zero-order valence-electron chi connectivity index (χ0n) is 11.3. The average molecular weight is 247 g/mol. The molecule has 0 bridgehead atoms. The Morgan fingerprint density at radius 1 is 1.50 bits per heavy atom. The second kappa shape index (κ2) is 5.40. The first-order chi connectivity index (χ1) is 8.56. The Bertz CT molecular complexity index is 443. The molecule has 1 heterocycles. The van der Waals surface area contributed by atoms with Crippen molar-refractivity contribution in [2.45, 2.75) is 19.4 Å². The van der Waals surface area contributed by atoms with Gasteiger partial charge in [0.25, 0.3) is 5.91 Å². The third-order valence-corrected chi connectivity index (χ3v) is 3.10. The fraction of sp³-hybridized carbons (Fsp3) is 0.500. The lowest BCUT2D eigenvalue weighted by Crippen LogP contribution is -2.39. The molecule has 2 rings (SSSR count). The molecule has 1 aromatic carbocycles. The van der Waals surface area contributed by atoms with Crippen molar-refractivity contribution in [2.24, 2.45) is 0 Å². The van der Waals surface area contributed by atoms with Crippen LogP contribution in [0.25, 0.3) is 0 Å². The number of hydrogen-bond donors (Lipinski definition) is 2. The highest BCUT2D eigenvalue weighted by Crippen LogP contribution is 2.23. The highest BCUT2D eigenvalue weighted by atomic mass is 16.1. The summed E-state index contributed by atoms with van der Waals surface area (Å²) in [5, 5.41) is 6.30. The molecule has 1 amide bonds. The molecule has 4 nitrogen and oxygen atoms in total. The van der Waals surface area contributed by atoms with Crippen molar-refractivity contribution in [3.63, 3.8) is 0 Å². The summed E-state index contributed by atoms with van der Waals surface area (Å²) < 4.78 is 0. The molecule has 1 aromatic rings. The first-order valence-electron chi connectivity index (χ1n) is 6.38. The molecule has 1 aliphatic heterocycles. The summed E-state index contributed by atoms with van der Waals surface area (Å²) in [6, 6.07) is 6.04. The molecule has 18 heavy (non-hydrogen) atoms. The van der Waals surface area contributed by atoms with Crippen LogP contribution in [0, 0.1) is 0 Å². The molecule has 1 aliphatic rings. The van der Waals surface area contributed by atoms with Crippen LogP contribution in [0.2, 0.25) is 0 Å². The maximum absolute atomic E-state index is 12.1. The van der Waals surface area contributed by atoms with E-state index in [1.165, 1.54) is 5.56 Å². The van der Waals surface area contributed by atoms with Crippen LogP contribution >= 0.6 is 0 Å². The Hall–Kier alpha value is -1.55. The Labute approximate surface area is 108 Å². The fourth-order valence-corrected chi connectivity index (χ4v) is 2.33. The van der Waals surface area contributed by atoms with Crippen LogP contribution in [0.5, 0.6) is 0 Å². The minimum Gasteiger partial charge on any atom is -0.384 e. The Morgan fingerprint density at radius 2 is 2.28 bits per heavy atom. The molecule has 1 unspecified atom stereocenters. The summed E-state index contributed by atoms with van der Waals surface area (Å²) >= 11 is 0. The lowest BCUT2D eigenvalue weighted by molar-refractivity contribution is 0.0934. The first-order valence-corrected chi connectivity index (χ1v) is 6.38. The first kappa shape index (κ1) is 12.9. The summed E-state index contributed by atoms with van der Waals surface area (Å²) in [7, 11) is 4.00. The maximum atomic E-state index is 12.1. The number of likely N-dealkylation sites (N-methyl/N-ethyl adjacent to an activating group) is 1. The third-order valence-electron chi connectivity index (χ3n) is 3.10. The van der Waals surface area contributed by atoms with E-state index in [2.05, 4.69) is 15.5 Å². The monoisotopic (exact) mass is 247 g/mol. The van der Waals surface area contributed by atoms with E-state index in [4.69, 9.17) is 0 Å². The van der Waals surface area contributed by atoms with Gasteiger partial charge in [-0.2, -0.15) is 0 Å². The van der Waals surface area contributed by atoms with Gasteiger partial charge in [0.1, 0.15) is 0 Å². The Kier molecular flexibility index (Phi) is 3.87. The minimum atomic E-state index is 0.000787. The zero-order chi connectivity index (χ0) is 13.1. The van der Waals surface area contributed by atoms with Gasteiger partial charge in [-0.25, -0.2) is 0 Å². The molecule has 0 radical (unpaired) electrons. The summed E-state index contributed by atoms with van der Waals surface area (Å²) in [5.74, 6) is 0.000787. The molecule has 0 spiro atoms. The van der Waals surface area contributed by atoms with Gasteiger partial charge in [0, 0.05) is 30.4 Å². The Balaban J connectivity index is 2.01. The van der Waals surface area contributed by atoms with Crippen LogP contribution in [0.1, 0.15) is 22.8 Å². The molecule has 0 aromatic heterocycles.